The molecule has 0 aliphatic rings. The molecule has 0 bridgehead atoms. The van der Waals surface area contributed by atoms with Crippen LogP contribution >= 0.6 is 0 Å². The maximum atomic E-state index is 5.75. The second kappa shape index (κ2) is 5.50. The van der Waals surface area contributed by atoms with Crippen LogP contribution in [0.15, 0.2) is 36.7 Å². The van der Waals surface area contributed by atoms with Crippen LogP contribution in [0.5, 0.6) is 5.75 Å². The van der Waals surface area contributed by atoms with E-state index < -0.39 is 0 Å². The van der Waals surface area contributed by atoms with Crippen molar-refractivity contribution in [1.29, 1.82) is 0 Å². The number of nitrogens with two attached hydrogens (primary N) is 1. The Balaban J connectivity index is 2.07. The Morgan fingerprint density at radius 3 is 2.94 bits per heavy atom. The average molecular weight is 231 g/mol. The maximum absolute atomic E-state index is 5.75. The molecule has 2 N–H and O–H groups in total. The standard InChI is InChI=1S/C13H17N3O/c1-2-16-8-7-15-13(16)10-17-12-6-4-3-5-11(12)9-14/h3-8H,2,9-10,14H2,1H3. The lowest BCUT2D eigenvalue weighted by Crippen LogP contribution is -2.07. The van der Waals surface area contributed by atoms with E-state index in [1.165, 1.54) is 0 Å². The van der Waals surface area contributed by atoms with Crippen molar-refractivity contribution < 1.29 is 4.74 Å². The predicted molar refractivity (Wildman–Crippen MR) is 66.6 cm³/mol. The number of ether oxygens (including phenoxy) is 1. The zero-order valence-corrected chi connectivity index (χ0v) is 9.97. The van der Waals surface area contributed by atoms with Crippen molar-refractivity contribution >= 4 is 0 Å². The average Bonchev–Trinajstić information content (AvgIpc) is 2.84. The minimum absolute atomic E-state index is 0.470. The SMILES string of the molecule is CCn1ccnc1COc1ccccc1CN. The van der Waals surface area contributed by atoms with E-state index in [-0.39, 0.29) is 0 Å². The lowest BCUT2D eigenvalue weighted by molar-refractivity contribution is 0.287. The van der Waals surface area contributed by atoms with E-state index in [0.29, 0.717) is 13.2 Å². The van der Waals surface area contributed by atoms with Crippen LogP contribution in [0, 0.1) is 0 Å². The largest absolute Gasteiger partial charge is 0.485 e. The summed E-state index contributed by atoms with van der Waals surface area (Å²) in [7, 11) is 0. The molecule has 0 spiro atoms. The molecule has 2 rings (SSSR count). The quantitative estimate of drug-likeness (QED) is 0.855. The van der Waals surface area contributed by atoms with Crippen molar-refractivity contribution in [3.8, 4) is 5.75 Å². The molecule has 0 saturated carbocycles. The van der Waals surface area contributed by atoms with Crippen molar-refractivity contribution in [2.45, 2.75) is 26.6 Å². The van der Waals surface area contributed by atoms with Crippen molar-refractivity contribution in [1.82, 2.24) is 9.55 Å². The molecule has 0 saturated heterocycles. The molecule has 0 atom stereocenters. The van der Waals surface area contributed by atoms with Crippen LogP contribution in [0.4, 0.5) is 0 Å². The van der Waals surface area contributed by atoms with E-state index in [4.69, 9.17) is 10.5 Å². The van der Waals surface area contributed by atoms with Crippen LogP contribution in [0.25, 0.3) is 0 Å². The molecule has 0 unspecified atom stereocenters. The highest BCUT2D eigenvalue weighted by molar-refractivity contribution is 5.33. The molecule has 2 aromatic rings. The van der Waals surface area contributed by atoms with Gasteiger partial charge in [-0.25, -0.2) is 4.98 Å². The summed E-state index contributed by atoms with van der Waals surface area (Å²) in [5, 5.41) is 0. The zero-order valence-electron chi connectivity index (χ0n) is 9.97. The predicted octanol–water partition coefficient (Wildman–Crippen LogP) is 1.94. The van der Waals surface area contributed by atoms with Gasteiger partial charge in [-0.1, -0.05) is 18.2 Å². The third-order valence-electron chi connectivity index (χ3n) is 2.69. The van der Waals surface area contributed by atoms with Gasteiger partial charge in [-0.15, -0.1) is 0 Å². The molecule has 1 aromatic carbocycles. The molecule has 0 fully saturated rings. The first-order valence-electron chi connectivity index (χ1n) is 5.76. The molecule has 0 amide bonds. The number of benzene rings is 1. The number of imidazole rings is 1. The number of hydrogen-bond donors (Lipinski definition) is 1. The van der Waals surface area contributed by atoms with Crippen LogP contribution in [0.2, 0.25) is 0 Å². The van der Waals surface area contributed by atoms with Crippen molar-refractivity contribution in [2.75, 3.05) is 0 Å². The molecule has 0 radical (unpaired) electrons. The van der Waals surface area contributed by atoms with Gasteiger partial charge in [0.05, 0.1) is 0 Å². The normalized spacial score (nSPS) is 10.5. The summed E-state index contributed by atoms with van der Waals surface area (Å²) in [6.07, 6.45) is 3.74. The lowest BCUT2D eigenvalue weighted by Gasteiger charge is -2.10. The Kier molecular flexibility index (Phi) is 3.77. The third kappa shape index (κ3) is 2.65. The first-order valence-corrected chi connectivity index (χ1v) is 5.76. The minimum Gasteiger partial charge on any atom is -0.485 e. The number of hydrogen-bond acceptors (Lipinski definition) is 3. The van der Waals surface area contributed by atoms with Crippen LogP contribution in [0.3, 0.4) is 0 Å². The van der Waals surface area contributed by atoms with Crippen LogP contribution < -0.4 is 10.5 Å². The molecule has 0 aliphatic heterocycles. The summed E-state index contributed by atoms with van der Waals surface area (Å²) in [6, 6.07) is 7.81. The van der Waals surface area contributed by atoms with Gasteiger partial charge in [0.2, 0.25) is 0 Å². The number of nitrogens with zero attached hydrogens (tertiary/aromatic N) is 2. The molecule has 90 valence electrons. The van der Waals surface area contributed by atoms with Gasteiger partial charge in [0, 0.05) is 31.0 Å². The van der Waals surface area contributed by atoms with Gasteiger partial charge in [-0.3, -0.25) is 0 Å². The van der Waals surface area contributed by atoms with Gasteiger partial charge in [0.25, 0.3) is 0 Å². The van der Waals surface area contributed by atoms with Gasteiger partial charge in [0.1, 0.15) is 18.2 Å². The highest BCUT2D eigenvalue weighted by Crippen LogP contribution is 2.18. The van der Waals surface area contributed by atoms with Crippen molar-refractivity contribution in [3.05, 3.63) is 48.0 Å². The fourth-order valence-electron chi connectivity index (χ4n) is 1.72. The second-order valence-corrected chi connectivity index (χ2v) is 3.73. The van der Waals surface area contributed by atoms with Gasteiger partial charge in [0.15, 0.2) is 0 Å². The Morgan fingerprint density at radius 2 is 2.18 bits per heavy atom. The molecule has 1 aromatic heterocycles. The summed E-state index contributed by atoms with van der Waals surface area (Å²) >= 11 is 0. The molecule has 17 heavy (non-hydrogen) atoms. The molecular formula is C13H17N3O. The fraction of sp³-hybridized carbons (Fsp3) is 0.308. The first-order chi connectivity index (χ1) is 8.35. The van der Waals surface area contributed by atoms with Crippen LogP contribution in [-0.4, -0.2) is 9.55 Å². The first kappa shape index (κ1) is 11.7. The fourth-order valence-corrected chi connectivity index (χ4v) is 1.72. The monoisotopic (exact) mass is 231 g/mol. The highest BCUT2D eigenvalue weighted by Gasteiger charge is 2.04. The Bertz CT molecular complexity index is 479. The van der Waals surface area contributed by atoms with E-state index in [1.807, 2.05) is 30.5 Å². The molecule has 4 nitrogen and oxygen atoms in total. The van der Waals surface area contributed by atoms with Crippen molar-refractivity contribution in [2.24, 2.45) is 5.73 Å². The van der Waals surface area contributed by atoms with E-state index in [9.17, 15) is 0 Å². The van der Waals surface area contributed by atoms with Crippen LogP contribution in [-0.2, 0) is 19.7 Å². The molecular weight excluding hydrogens is 214 g/mol. The van der Waals surface area contributed by atoms with Gasteiger partial charge in [-0.2, -0.15) is 0 Å². The van der Waals surface area contributed by atoms with Gasteiger partial charge in [-0.05, 0) is 13.0 Å². The van der Waals surface area contributed by atoms with E-state index in [1.54, 1.807) is 6.20 Å². The summed E-state index contributed by atoms with van der Waals surface area (Å²) in [6.45, 7) is 3.94. The molecule has 0 aliphatic carbocycles. The van der Waals surface area contributed by atoms with Gasteiger partial charge < -0.3 is 15.0 Å². The Hall–Kier alpha value is -1.81. The van der Waals surface area contributed by atoms with E-state index in [2.05, 4.69) is 16.5 Å². The Labute approximate surface area is 101 Å². The summed E-state index contributed by atoms with van der Waals surface area (Å²) in [4.78, 5) is 4.26. The van der Waals surface area contributed by atoms with E-state index >= 15 is 0 Å². The Morgan fingerprint density at radius 1 is 1.35 bits per heavy atom. The molecule has 4 heteroatoms. The number of rotatable bonds is 5. The second-order valence-electron chi connectivity index (χ2n) is 3.73. The highest BCUT2D eigenvalue weighted by atomic mass is 16.5. The molecule has 1 heterocycles. The van der Waals surface area contributed by atoms with Crippen LogP contribution in [0.1, 0.15) is 18.3 Å². The topological polar surface area (TPSA) is 53.1 Å². The third-order valence-corrected chi connectivity index (χ3v) is 2.69. The smallest absolute Gasteiger partial charge is 0.146 e. The number of aromatic nitrogens is 2. The minimum atomic E-state index is 0.470. The number of para-hydroxylation sites is 1. The summed E-state index contributed by atoms with van der Waals surface area (Å²) < 4.78 is 7.81. The maximum Gasteiger partial charge on any atom is 0.146 e. The summed E-state index contributed by atoms with van der Waals surface area (Å²) in [5.41, 5.74) is 6.67. The zero-order chi connectivity index (χ0) is 12.1. The summed E-state index contributed by atoms with van der Waals surface area (Å²) in [5.74, 6) is 1.76. The van der Waals surface area contributed by atoms with E-state index in [0.717, 1.165) is 23.7 Å². The van der Waals surface area contributed by atoms with Crippen molar-refractivity contribution in [3.63, 3.8) is 0 Å². The van der Waals surface area contributed by atoms with Gasteiger partial charge >= 0.3 is 0 Å². The number of aryl methyl sites for hydroxylation is 1. The lowest BCUT2D eigenvalue weighted by atomic mass is 10.2.